The van der Waals surface area contributed by atoms with E-state index < -0.39 is 29.2 Å². The predicted molar refractivity (Wildman–Crippen MR) is 151 cm³/mol. The van der Waals surface area contributed by atoms with E-state index in [0.29, 0.717) is 54.7 Å². The van der Waals surface area contributed by atoms with Crippen LogP contribution in [-0.2, 0) is 0 Å². The number of anilines is 1. The number of hydrogen-bond acceptors (Lipinski definition) is 7. The lowest BCUT2D eigenvalue weighted by molar-refractivity contribution is 0.107. The fraction of sp³-hybridized carbons (Fsp3) is 0.452. The molecule has 4 aliphatic rings. The van der Waals surface area contributed by atoms with Gasteiger partial charge in [0.15, 0.2) is 17.5 Å². The van der Waals surface area contributed by atoms with E-state index in [2.05, 4.69) is 25.1 Å². The van der Waals surface area contributed by atoms with Gasteiger partial charge in [-0.15, -0.1) is 0 Å². The van der Waals surface area contributed by atoms with Gasteiger partial charge in [0.1, 0.15) is 29.8 Å². The fourth-order valence-electron chi connectivity index (χ4n) is 7.64. The molecule has 11 heteroatoms. The van der Waals surface area contributed by atoms with Gasteiger partial charge in [0.05, 0.1) is 10.9 Å². The zero-order chi connectivity index (χ0) is 28.6. The maximum atomic E-state index is 16.5. The molecule has 6 heterocycles. The summed E-state index contributed by atoms with van der Waals surface area (Å²) in [7, 11) is 0. The Kier molecular flexibility index (Phi) is 6.05. The van der Waals surface area contributed by atoms with E-state index in [1.807, 2.05) is 0 Å². The number of ether oxygens (including phenoxy) is 1. The predicted octanol–water partition coefficient (Wildman–Crippen LogP) is 5.16. The Balaban J connectivity index is 1.25. The second-order valence-corrected chi connectivity index (χ2v) is 12.2. The molecule has 2 aromatic carbocycles. The third kappa shape index (κ3) is 4.11. The molecule has 1 N–H and O–H groups in total. The van der Waals surface area contributed by atoms with E-state index in [0.717, 1.165) is 38.3 Å². The number of alkyl halides is 1. The van der Waals surface area contributed by atoms with Crippen LogP contribution in [0.1, 0.15) is 32.1 Å². The van der Waals surface area contributed by atoms with Crippen molar-refractivity contribution in [2.45, 2.75) is 55.9 Å². The first-order chi connectivity index (χ1) is 20.4. The number of nitrogens with zero attached hydrogens (tertiary/aromatic N) is 5. The average molecular weight is 579 g/mol. The maximum absolute atomic E-state index is 16.5. The molecule has 2 bridgehead atoms. The summed E-state index contributed by atoms with van der Waals surface area (Å²) in [5.41, 5.74) is -0.425. The minimum atomic E-state index is -1.06. The van der Waals surface area contributed by atoms with Crippen molar-refractivity contribution in [1.29, 1.82) is 0 Å². The number of rotatable bonds is 5. The van der Waals surface area contributed by atoms with Crippen LogP contribution in [0.5, 0.6) is 6.01 Å². The number of pyridine rings is 1. The van der Waals surface area contributed by atoms with Crippen molar-refractivity contribution in [2.75, 3.05) is 37.7 Å². The standard InChI is InChI=1S/C31H30F4N6O/c32-18-11-31(9-2-10-41(31)13-18)16-42-30-38-28-22(29(39-30)40-14-19-6-7-20(15-40)37-19)12-36-27(26(28)35)21-4-1-3-17-5-8-23(33)25(34)24(17)21/h1,3-5,8,12,18-20,37H,2,6-7,9-11,13-16H2/t18-,19-,20+,31+/m1/s1. The van der Waals surface area contributed by atoms with E-state index in [1.165, 1.54) is 18.3 Å². The number of nitrogens with one attached hydrogen (secondary N) is 1. The zero-order valence-electron chi connectivity index (χ0n) is 22.9. The minimum absolute atomic E-state index is 0.00439. The summed E-state index contributed by atoms with van der Waals surface area (Å²) in [5.74, 6) is -2.32. The summed E-state index contributed by atoms with van der Waals surface area (Å²) in [6.45, 7) is 2.81. The Morgan fingerprint density at radius 1 is 1.00 bits per heavy atom. The van der Waals surface area contributed by atoms with Crippen LogP contribution >= 0.6 is 0 Å². The molecular weight excluding hydrogens is 548 g/mol. The minimum Gasteiger partial charge on any atom is -0.461 e. The molecule has 4 saturated heterocycles. The highest BCUT2D eigenvalue weighted by Gasteiger charge is 2.49. The van der Waals surface area contributed by atoms with Crippen LogP contribution in [0.25, 0.3) is 32.9 Å². The van der Waals surface area contributed by atoms with Crippen LogP contribution < -0.4 is 15.0 Å². The average Bonchev–Trinajstić information content (AvgIpc) is 3.64. The van der Waals surface area contributed by atoms with Gasteiger partial charge in [0.2, 0.25) is 0 Å². The van der Waals surface area contributed by atoms with Crippen LogP contribution in [0.2, 0.25) is 0 Å². The van der Waals surface area contributed by atoms with Gasteiger partial charge in [-0.1, -0.05) is 24.3 Å². The van der Waals surface area contributed by atoms with E-state index in [1.54, 1.807) is 12.1 Å². The zero-order valence-corrected chi connectivity index (χ0v) is 22.9. The number of piperazine rings is 1. The lowest BCUT2D eigenvalue weighted by Crippen LogP contribution is -2.51. The molecule has 4 atom stereocenters. The molecule has 4 aliphatic heterocycles. The Hall–Kier alpha value is -3.57. The normalized spacial score (nSPS) is 27.3. The van der Waals surface area contributed by atoms with E-state index in [4.69, 9.17) is 9.72 Å². The lowest BCUT2D eigenvalue weighted by Gasteiger charge is -2.34. The molecule has 7 nitrogen and oxygen atoms in total. The molecule has 0 amide bonds. The Labute approximate surface area is 239 Å². The number of aromatic nitrogens is 3. The summed E-state index contributed by atoms with van der Waals surface area (Å²) >= 11 is 0. The highest BCUT2D eigenvalue weighted by Crippen LogP contribution is 2.41. The Morgan fingerprint density at radius 3 is 2.67 bits per heavy atom. The van der Waals surface area contributed by atoms with E-state index in [9.17, 15) is 8.78 Å². The quantitative estimate of drug-likeness (QED) is 0.329. The molecule has 42 heavy (non-hydrogen) atoms. The van der Waals surface area contributed by atoms with Gasteiger partial charge in [0, 0.05) is 55.3 Å². The van der Waals surface area contributed by atoms with Gasteiger partial charge in [0.25, 0.3) is 0 Å². The smallest absolute Gasteiger partial charge is 0.319 e. The molecule has 218 valence electrons. The number of fused-ring (bicyclic) bond motifs is 5. The molecule has 0 aliphatic carbocycles. The van der Waals surface area contributed by atoms with Gasteiger partial charge in [-0.25, -0.2) is 17.6 Å². The van der Waals surface area contributed by atoms with Crippen LogP contribution in [0.3, 0.4) is 0 Å². The third-order valence-electron chi connectivity index (χ3n) is 9.58. The number of hydrogen-bond donors (Lipinski definition) is 1. The van der Waals surface area contributed by atoms with Crippen molar-refractivity contribution in [3.8, 4) is 17.3 Å². The Bertz CT molecular complexity index is 1710. The maximum Gasteiger partial charge on any atom is 0.319 e. The molecule has 0 saturated carbocycles. The molecule has 0 spiro atoms. The summed E-state index contributed by atoms with van der Waals surface area (Å²) in [5, 5.41) is 4.40. The first-order valence-corrected chi connectivity index (χ1v) is 14.6. The summed E-state index contributed by atoms with van der Waals surface area (Å²) in [4.78, 5) is 18.0. The van der Waals surface area contributed by atoms with Gasteiger partial charge < -0.3 is 15.0 Å². The molecule has 2 aromatic heterocycles. The molecular formula is C31H30F4N6O. The van der Waals surface area contributed by atoms with Gasteiger partial charge in [-0.05, 0) is 43.7 Å². The van der Waals surface area contributed by atoms with Gasteiger partial charge in [-0.2, -0.15) is 9.97 Å². The third-order valence-corrected chi connectivity index (χ3v) is 9.58. The first kappa shape index (κ1) is 26.1. The van der Waals surface area contributed by atoms with Crippen molar-refractivity contribution in [3.63, 3.8) is 0 Å². The highest BCUT2D eigenvalue weighted by atomic mass is 19.2. The SMILES string of the molecule is Fc1ccc2cccc(-c3ncc4c(N5C[C@H]6CC[C@@H](C5)N6)nc(OC[C@@]56CCCN5C[C@H](F)C6)nc4c3F)c2c1F. The molecule has 0 unspecified atom stereocenters. The fourth-order valence-corrected chi connectivity index (χ4v) is 7.64. The molecule has 4 aromatic rings. The van der Waals surface area contributed by atoms with Gasteiger partial charge >= 0.3 is 6.01 Å². The summed E-state index contributed by atoms with van der Waals surface area (Å²) in [6, 6.07) is 7.94. The topological polar surface area (TPSA) is 66.4 Å². The van der Waals surface area contributed by atoms with E-state index >= 15 is 8.78 Å². The highest BCUT2D eigenvalue weighted by molar-refractivity contribution is 5.99. The van der Waals surface area contributed by atoms with Crippen molar-refractivity contribution in [3.05, 3.63) is 54.0 Å². The molecule has 4 fully saturated rings. The van der Waals surface area contributed by atoms with E-state index in [-0.39, 0.29) is 34.8 Å². The van der Waals surface area contributed by atoms with Crippen molar-refractivity contribution in [1.82, 2.24) is 25.2 Å². The number of benzene rings is 2. The molecule has 8 rings (SSSR count). The van der Waals surface area contributed by atoms with Crippen molar-refractivity contribution in [2.24, 2.45) is 0 Å². The second kappa shape index (κ2) is 9.74. The van der Waals surface area contributed by atoms with Crippen molar-refractivity contribution >= 4 is 27.5 Å². The lowest BCUT2D eigenvalue weighted by atomic mass is 9.95. The van der Waals surface area contributed by atoms with Crippen molar-refractivity contribution < 1.29 is 22.3 Å². The van der Waals surface area contributed by atoms with Crippen LogP contribution in [0.15, 0.2) is 36.5 Å². The monoisotopic (exact) mass is 578 g/mol. The Morgan fingerprint density at radius 2 is 1.83 bits per heavy atom. The summed E-state index contributed by atoms with van der Waals surface area (Å²) in [6.07, 6.45) is 4.88. The van der Waals surface area contributed by atoms with Gasteiger partial charge in [-0.3, -0.25) is 9.88 Å². The number of halogens is 4. The van der Waals surface area contributed by atoms with Crippen LogP contribution in [-0.4, -0.2) is 76.4 Å². The molecule has 0 radical (unpaired) electrons. The van der Waals surface area contributed by atoms with Crippen LogP contribution in [0.4, 0.5) is 23.4 Å². The van der Waals surface area contributed by atoms with Crippen LogP contribution in [0, 0.1) is 17.5 Å². The summed E-state index contributed by atoms with van der Waals surface area (Å²) < 4.78 is 66.3. The first-order valence-electron chi connectivity index (χ1n) is 14.6. The second-order valence-electron chi connectivity index (χ2n) is 12.2. The largest absolute Gasteiger partial charge is 0.461 e.